The fraction of sp³-hybridized carbons (Fsp3) is 0.571. The molecule has 2 atom stereocenters. The summed E-state index contributed by atoms with van der Waals surface area (Å²) in [5.74, 6) is 1.40. The second-order valence-electron chi connectivity index (χ2n) is 5.69. The zero-order chi connectivity index (χ0) is 15.5. The van der Waals surface area contributed by atoms with Crippen molar-refractivity contribution in [1.29, 1.82) is 0 Å². The molecule has 1 fully saturated rings. The van der Waals surface area contributed by atoms with Gasteiger partial charge in [0.05, 0.1) is 24.0 Å². The van der Waals surface area contributed by atoms with Gasteiger partial charge in [-0.05, 0) is 14.0 Å². The lowest BCUT2D eigenvalue weighted by Gasteiger charge is -2.15. The maximum atomic E-state index is 13.2. The summed E-state index contributed by atoms with van der Waals surface area (Å²) < 4.78 is 13.2. The summed E-state index contributed by atoms with van der Waals surface area (Å²) in [6.07, 6.45) is 3.01. The predicted molar refractivity (Wildman–Crippen MR) is 78.6 cm³/mol. The summed E-state index contributed by atoms with van der Waals surface area (Å²) in [7, 11) is 1.99. The van der Waals surface area contributed by atoms with Gasteiger partial charge in [0.15, 0.2) is 5.82 Å². The van der Waals surface area contributed by atoms with Crippen LogP contribution in [0.1, 0.15) is 35.5 Å². The van der Waals surface area contributed by atoms with Crippen LogP contribution in [-0.4, -0.2) is 49.8 Å². The Kier molecular flexibility index (Phi) is 4.39. The van der Waals surface area contributed by atoms with Crippen molar-refractivity contribution in [3.05, 3.63) is 35.4 Å². The Morgan fingerprint density at radius 2 is 2.14 bits per heavy atom. The van der Waals surface area contributed by atoms with Crippen LogP contribution in [0.15, 0.2) is 12.4 Å². The van der Waals surface area contributed by atoms with Crippen LogP contribution >= 0.6 is 0 Å². The third kappa shape index (κ3) is 3.45. The molecule has 1 aliphatic heterocycles. The van der Waals surface area contributed by atoms with Crippen molar-refractivity contribution in [1.82, 2.24) is 35.4 Å². The normalized spacial score (nSPS) is 21.6. The first kappa shape index (κ1) is 15.0. The van der Waals surface area contributed by atoms with E-state index in [9.17, 15) is 4.39 Å². The Morgan fingerprint density at radius 3 is 2.86 bits per heavy atom. The lowest BCUT2D eigenvalue weighted by Crippen LogP contribution is -2.20. The van der Waals surface area contributed by atoms with Gasteiger partial charge >= 0.3 is 0 Å². The largest absolute Gasteiger partial charge is 0.304 e. The van der Waals surface area contributed by atoms with Gasteiger partial charge in [-0.2, -0.15) is 5.10 Å². The molecule has 0 bridgehead atoms. The Bertz CT molecular complexity index is 629. The van der Waals surface area contributed by atoms with E-state index in [1.54, 1.807) is 12.4 Å². The molecule has 1 saturated heterocycles. The zero-order valence-electron chi connectivity index (χ0n) is 12.8. The summed E-state index contributed by atoms with van der Waals surface area (Å²) in [4.78, 5) is 15.1. The number of rotatable bonds is 5. The van der Waals surface area contributed by atoms with Gasteiger partial charge in [-0.15, -0.1) is 0 Å². The molecular weight excluding hydrogens is 285 g/mol. The zero-order valence-corrected chi connectivity index (χ0v) is 12.8. The summed E-state index contributed by atoms with van der Waals surface area (Å²) in [5, 5.41) is 10.2. The number of aryl methyl sites for hydroxylation is 1. The molecule has 8 heteroatoms. The van der Waals surface area contributed by atoms with Crippen molar-refractivity contribution in [2.45, 2.75) is 38.6 Å². The standard InChI is InChI=1S/C14H20FN7/c1-9-12(17-4-3-16-9)7-22(2)8-13-19-14(21-20-13)11-5-10(15)6-18-11/h3-4,10-11,18H,5-8H2,1-2H3,(H,19,20,21)/t10-,11+/m0/s1. The van der Waals surface area contributed by atoms with Crippen molar-refractivity contribution in [2.75, 3.05) is 13.6 Å². The number of alkyl halides is 1. The third-order valence-electron chi connectivity index (χ3n) is 3.76. The third-order valence-corrected chi connectivity index (χ3v) is 3.76. The molecule has 0 saturated carbocycles. The average Bonchev–Trinajstić information content (AvgIpc) is 3.10. The van der Waals surface area contributed by atoms with Gasteiger partial charge in [0, 0.05) is 31.9 Å². The molecule has 0 aliphatic carbocycles. The van der Waals surface area contributed by atoms with E-state index in [0.717, 1.165) is 17.2 Å². The molecule has 3 rings (SSSR count). The summed E-state index contributed by atoms with van der Waals surface area (Å²) in [6.45, 7) is 3.63. The molecule has 2 aromatic rings. The van der Waals surface area contributed by atoms with Crippen LogP contribution in [0.25, 0.3) is 0 Å². The van der Waals surface area contributed by atoms with Crippen molar-refractivity contribution in [3.63, 3.8) is 0 Å². The van der Waals surface area contributed by atoms with E-state index in [4.69, 9.17) is 0 Å². The van der Waals surface area contributed by atoms with E-state index < -0.39 is 6.17 Å². The molecule has 0 radical (unpaired) electrons. The van der Waals surface area contributed by atoms with Gasteiger partial charge in [0.25, 0.3) is 0 Å². The van der Waals surface area contributed by atoms with Crippen LogP contribution in [-0.2, 0) is 13.1 Å². The number of aromatic nitrogens is 5. The summed E-state index contributed by atoms with van der Waals surface area (Å²) in [6, 6.07) is -0.0902. The average molecular weight is 305 g/mol. The first-order chi connectivity index (χ1) is 10.6. The molecule has 2 N–H and O–H groups in total. The van der Waals surface area contributed by atoms with Crippen LogP contribution < -0.4 is 5.32 Å². The van der Waals surface area contributed by atoms with Crippen molar-refractivity contribution < 1.29 is 4.39 Å². The maximum Gasteiger partial charge on any atom is 0.167 e. The number of aromatic amines is 1. The molecule has 22 heavy (non-hydrogen) atoms. The van der Waals surface area contributed by atoms with E-state index in [2.05, 4.69) is 35.4 Å². The SMILES string of the molecule is Cc1nccnc1CN(C)Cc1nc([C@H]2C[C@H](F)CN2)n[nH]1. The van der Waals surface area contributed by atoms with Crippen LogP contribution in [0.3, 0.4) is 0 Å². The molecule has 0 amide bonds. The monoisotopic (exact) mass is 305 g/mol. The van der Waals surface area contributed by atoms with E-state index in [0.29, 0.717) is 31.9 Å². The fourth-order valence-corrected chi connectivity index (χ4v) is 2.58. The Hall–Kier alpha value is -1.93. The minimum Gasteiger partial charge on any atom is -0.304 e. The van der Waals surface area contributed by atoms with Crippen molar-refractivity contribution in [2.24, 2.45) is 0 Å². The molecule has 3 heterocycles. The van der Waals surface area contributed by atoms with Crippen LogP contribution in [0.5, 0.6) is 0 Å². The Balaban J connectivity index is 1.59. The maximum absolute atomic E-state index is 13.2. The van der Waals surface area contributed by atoms with Crippen LogP contribution in [0.2, 0.25) is 0 Å². The van der Waals surface area contributed by atoms with Gasteiger partial charge < -0.3 is 5.32 Å². The topological polar surface area (TPSA) is 82.6 Å². The highest BCUT2D eigenvalue weighted by atomic mass is 19.1. The van der Waals surface area contributed by atoms with Gasteiger partial charge in [-0.1, -0.05) is 0 Å². The number of nitrogens with zero attached hydrogens (tertiary/aromatic N) is 5. The Morgan fingerprint density at radius 1 is 1.32 bits per heavy atom. The van der Waals surface area contributed by atoms with Crippen LogP contribution in [0.4, 0.5) is 4.39 Å². The number of hydrogen-bond donors (Lipinski definition) is 2. The van der Waals surface area contributed by atoms with Crippen LogP contribution in [0, 0.1) is 6.92 Å². The molecular formula is C14H20FN7. The van der Waals surface area contributed by atoms with Gasteiger partial charge in [-0.25, -0.2) is 9.37 Å². The first-order valence-corrected chi connectivity index (χ1v) is 7.35. The van der Waals surface area contributed by atoms with E-state index in [1.807, 2.05) is 14.0 Å². The lowest BCUT2D eigenvalue weighted by atomic mass is 10.2. The highest BCUT2D eigenvalue weighted by Crippen LogP contribution is 2.22. The van der Waals surface area contributed by atoms with Gasteiger partial charge in [0.2, 0.25) is 0 Å². The van der Waals surface area contributed by atoms with E-state index >= 15 is 0 Å². The predicted octanol–water partition coefficient (Wildman–Crippen LogP) is 0.908. The second kappa shape index (κ2) is 6.45. The smallest absolute Gasteiger partial charge is 0.167 e. The molecule has 118 valence electrons. The molecule has 1 aliphatic rings. The molecule has 0 spiro atoms. The minimum atomic E-state index is -0.811. The molecule has 2 aromatic heterocycles. The quantitative estimate of drug-likeness (QED) is 0.854. The second-order valence-corrected chi connectivity index (χ2v) is 5.69. The number of H-pyrrole nitrogens is 1. The molecule has 0 unspecified atom stereocenters. The summed E-state index contributed by atoms with van der Waals surface area (Å²) in [5.41, 5.74) is 1.87. The van der Waals surface area contributed by atoms with E-state index in [1.165, 1.54) is 0 Å². The molecule has 0 aromatic carbocycles. The Labute approximate surface area is 128 Å². The minimum absolute atomic E-state index is 0.0902. The highest BCUT2D eigenvalue weighted by molar-refractivity contribution is 5.08. The first-order valence-electron chi connectivity index (χ1n) is 7.35. The number of halogens is 1. The van der Waals surface area contributed by atoms with Crippen molar-refractivity contribution in [3.8, 4) is 0 Å². The molecule has 7 nitrogen and oxygen atoms in total. The van der Waals surface area contributed by atoms with E-state index in [-0.39, 0.29) is 6.04 Å². The highest BCUT2D eigenvalue weighted by Gasteiger charge is 2.27. The fourth-order valence-electron chi connectivity index (χ4n) is 2.58. The summed E-state index contributed by atoms with van der Waals surface area (Å²) >= 11 is 0. The van der Waals surface area contributed by atoms with Gasteiger partial charge in [-0.3, -0.25) is 20.0 Å². The number of hydrogen-bond acceptors (Lipinski definition) is 6. The van der Waals surface area contributed by atoms with Gasteiger partial charge in [0.1, 0.15) is 12.0 Å². The lowest BCUT2D eigenvalue weighted by molar-refractivity contribution is 0.305. The van der Waals surface area contributed by atoms with Crippen molar-refractivity contribution >= 4 is 0 Å². The number of nitrogens with one attached hydrogen (secondary N) is 2.